The molecule has 1 amide bonds. The Balaban J connectivity index is 2.09. The topological polar surface area (TPSA) is 72.1 Å². The lowest BCUT2D eigenvalue weighted by Crippen LogP contribution is -2.38. The molecule has 0 spiro atoms. The highest BCUT2D eigenvalue weighted by molar-refractivity contribution is 7.99. The molecule has 0 radical (unpaired) electrons. The van der Waals surface area contributed by atoms with Crippen LogP contribution in [0.4, 0.5) is 5.82 Å². The zero-order chi connectivity index (χ0) is 10.7. The van der Waals surface area contributed by atoms with Crippen LogP contribution in [0.3, 0.4) is 0 Å². The van der Waals surface area contributed by atoms with E-state index in [1.807, 2.05) is 11.8 Å². The number of hydrogen-bond acceptors (Lipinski definition) is 5. The first-order valence-electron chi connectivity index (χ1n) is 4.72. The average molecular weight is 224 g/mol. The number of nitrogens with two attached hydrogens (primary N) is 1. The van der Waals surface area contributed by atoms with Gasteiger partial charge >= 0.3 is 0 Å². The van der Waals surface area contributed by atoms with Gasteiger partial charge in [-0.05, 0) is 0 Å². The quantitative estimate of drug-likeness (QED) is 0.740. The second-order valence-electron chi connectivity index (χ2n) is 3.23. The molecule has 5 nitrogen and oxygen atoms in total. The molecular weight excluding hydrogens is 212 g/mol. The highest BCUT2D eigenvalue weighted by Crippen LogP contribution is 2.11. The lowest BCUT2D eigenvalue weighted by Gasteiger charge is -2.25. The van der Waals surface area contributed by atoms with Gasteiger partial charge in [-0.25, -0.2) is 9.97 Å². The number of aromatic nitrogens is 2. The van der Waals surface area contributed by atoms with Gasteiger partial charge in [0.05, 0.1) is 12.4 Å². The standard InChI is InChI=1S/C9H12N4OS/c10-8-6-11-7(5-12-8)9(14)13-1-3-15-4-2-13/h5-6H,1-4H2,(H2,10,12). The minimum atomic E-state index is -0.0530. The number of nitrogen functional groups attached to an aromatic ring is 1. The summed E-state index contributed by atoms with van der Waals surface area (Å²) in [6.07, 6.45) is 2.84. The first kappa shape index (κ1) is 10.2. The van der Waals surface area contributed by atoms with Crippen LogP contribution in [0.1, 0.15) is 10.5 Å². The first-order valence-corrected chi connectivity index (χ1v) is 5.87. The van der Waals surface area contributed by atoms with E-state index < -0.39 is 0 Å². The maximum absolute atomic E-state index is 11.9. The fourth-order valence-corrected chi connectivity index (χ4v) is 2.28. The molecule has 1 aliphatic heterocycles. The summed E-state index contributed by atoms with van der Waals surface area (Å²) < 4.78 is 0. The Morgan fingerprint density at radius 3 is 2.67 bits per heavy atom. The molecule has 1 fully saturated rings. The second kappa shape index (κ2) is 4.48. The van der Waals surface area contributed by atoms with Gasteiger partial charge in [0, 0.05) is 24.6 Å². The minimum Gasteiger partial charge on any atom is -0.382 e. The molecule has 0 aliphatic carbocycles. The lowest BCUT2D eigenvalue weighted by molar-refractivity contribution is 0.0766. The molecule has 1 aromatic heterocycles. The molecule has 0 aromatic carbocycles. The average Bonchev–Trinajstić information content (AvgIpc) is 2.30. The van der Waals surface area contributed by atoms with Crippen molar-refractivity contribution in [3.63, 3.8) is 0 Å². The van der Waals surface area contributed by atoms with E-state index in [9.17, 15) is 4.79 Å². The molecule has 1 saturated heterocycles. The maximum Gasteiger partial charge on any atom is 0.274 e. The summed E-state index contributed by atoms with van der Waals surface area (Å²) >= 11 is 1.86. The van der Waals surface area contributed by atoms with E-state index >= 15 is 0 Å². The van der Waals surface area contributed by atoms with Crippen molar-refractivity contribution in [2.45, 2.75) is 0 Å². The molecule has 15 heavy (non-hydrogen) atoms. The summed E-state index contributed by atoms with van der Waals surface area (Å²) in [5.41, 5.74) is 5.77. The van der Waals surface area contributed by atoms with Crippen LogP contribution in [-0.4, -0.2) is 45.4 Å². The first-order chi connectivity index (χ1) is 7.27. The molecule has 0 bridgehead atoms. The van der Waals surface area contributed by atoms with Gasteiger partial charge in [0.15, 0.2) is 0 Å². The van der Waals surface area contributed by atoms with E-state index in [0.717, 1.165) is 24.6 Å². The number of thioether (sulfide) groups is 1. The van der Waals surface area contributed by atoms with Crippen molar-refractivity contribution in [1.82, 2.24) is 14.9 Å². The molecule has 1 aromatic rings. The number of carbonyl (C=O) groups is 1. The van der Waals surface area contributed by atoms with Crippen molar-refractivity contribution in [2.24, 2.45) is 0 Å². The fourth-order valence-electron chi connectivity index (χ4n) is 1.38. The zero-order valence-corrected chi connectivity index (χ0v) is 9.04. The Morgan fingerprint density at radius 1 is 1.33 bits per heavy atom. The molecule has 6 heteroatoms. The summed E-state index contributed by atoms with van der Waals surface area (Å²) in [4.78, 5) is 21.5. The van der Waals surface area contributed by atoms with E-state index in [-0.39, 0.29) is 5.91 Å². The Morgan fingerprint density at radius 2 is 2.07 bits per heavy atom. The summed E-state index contributed by atoms with van der Waals surface area (Å²) in [5, 5.41) is 0. The molecule has 80 valence electrons. The van der Waals surface area contributed by atoms with Gasteiger partial charge in [-0.3, -0.25) is 4.79 Å². The highest BCUT2D eigenvalue weighted by atomic mass is 32.2. The fraction of sp³-hybridized carbons (Fsp3) is 0.444. The third-order valence-corrected chi connectivity index (χ3v) is 3.13. The number of rotatable bonds is 1. The third-order valence-electron chi connectivity index (χ3n) is 2.19. The van der Waals surface area contributed by atoms with Crippen molar-refractivity contribution in [1.29, 1.82) is 0 Å². The Labute approximate surface area is 92.1 Å². The maximum atomic E-state index is 11.9. The number of carbonyl (C=O) groups excluding carboxylic acids is 1. The summed E-state index contributed by atoms with van der Waals surface area (Å²) in [7, 11) is 0. The molecule has 2 rings (SSSR count). The van der Waals surface area contributed by atoms with Crippen LogP contribution in [-0.2, 0) is 0 Å². The van der Waals surface area contributed by atoms with Crippen molar-refractivity contribution in [3.8, 4) is 0 Å². The van der Waals surface area contributed by atoms with E-state index in [1.165, 1.54) is 12.4 Å². The number of amides is 1. The van der Waals surface area contributed by atoms with Gasteiger partial charge in [-0.15, -0.1) is 0 Å². The molecule has 0 saturated carbocycles. The van der Waals surface area contributed by atoms with Crippen molar-refractivity contribution >= 4 is 23.5 Å². The monoisotopic (exact) mass is 224 g/mol. The molecule has 0 unspecified atom stereocenters. The second-order valence-corrected chi connectivity index (χ2v) is 4.46. The molecule has 1 aliphatic rings. The van der Waals surface area contributed by atoms with Crippen molar-refractivity contribution in [3.05, 3.63) is 18.1 Å². The van der Waals surface area contributed by atoms with E-state index in [0.29, 0.717) is 11.5 Å². The van der Waals surface area contributed by atoms with E-state index in [2.05, 4.69) is 9.97 Å². The Kier molecular flexibility index (Phi) is 3.05. The van der Waals surface area contributed by atoms with Gasteiger partial charge in [-0.1, -0.05) is 0 Å². The van der Waals surface area contributed by atoms with Crippen LogP contribution in [0.25, 0.3) is 0 Å². The molecule has 2 N–H and O–H groups in total. The lowest BCUT2D eigenvalue weighted by atomic mass is 10.3. The SMILES string of the molecule is Nc1cnc(C(=O)N2CCSCC2)cn1. The van der Waals surface area contributed by atoms with E-state index in [1.54, 1.807) is 4.90 Å². The normalized spacial score (nSPS) is 16.4. The van der Waals surface area contributed by atoms with Crippen LogP contribution < -0.4 is 5.73 Å². The number of nitrogens with zero attached hydrogens (tertiary/aromatic N) is 3. The summed E-state index contributed by atoms with van der Waals surface area (Å²) in [6, 6.07) is 0. The third kappa shape index (κ3) is 2.38. The Hall–Kier alpha value is -1.30. The van der Waals surface area contributed by atoms with Crippen LogP contribution in [0.2, 0.25) is 0 Å². The molecular formula is C9H12N4OS. The minimum absolute atomic E-state index is 0.0530. The van der Waals surface area contributed by atoms with Crippen LogP contribution >= 0.6 is 11.8 Å². The predicted octanol–water partition coefficient (Wildman–Crippen LogP) is 0.248. The van der Waals surface area contributed by atoms with E-state index in [4.69, 9.17) is 5.73 Å². The largest absolute Gasteiger partial charge is 0.382 e. The van der Waals surface area contributed by atoms with Crippen LogP contribution in [0, 0.1) is 0 Å². The smallest absolute Gasteiger partial charge is 0.274 e. The van der Waals surface area contributed by atoms with Gasteiger partial charge in [0.2, 0.25) is 0 Å². The predicted molar refractivity (Wildman–Crippen MR) is 59.7 cm³/mol. The van der Waals surface area contributed by atoms with Gasteiger partial charge in [0.25, 0.3) is 5.91 Å². The van der Waals surface area contributed by atoms with Gasteiger partial charge < -0.3 is 10.6 Å². The molecule has 2 heterocycles. The number of hydrogen-bond donors (Lipinski definition) is 1. The summed E-state index contributed by atoms with van der Waals surface area (Å²) in [6.45, 7) is 1.57. The highest BCUT2D eigenvalue weighted by Gasteiger charge is 2.19. The summed E-state index contributed by atoms with van der Waals surface area (Å²) in [5.74, 6) is 2.27. The van der Waals surface area contributed by atoms with Gasteiger partial charge in [-0.2, -0.15) is 11.8 Å². The van der Waals surface area contributed by atoms with Crippen molar-refractivity contribution in [2.75, 3.05) is 30.3 Å². The molecule has 0 atom stereocenters. The Bertz CT molecular complexity index is 348. The van der Waals surface area contributed by atoms with Crippen molar-refractivity contribution < 1.29 is 4.79 Å². The number of anilines is 1. The van der Waals surface area contributed by atoms with Gasteiger partial charge in [0.1, 0.15) is 11.5 Å². The van der Waals surface area contributed by atoms with Crippen LogP contribution in [0.5, 0.6) is 0 Å². The zero-order valence-electron chi connectivity index (χ0n) is 8.22. The van der Waals surface area contributed by atoms with Crippen LogP contribution in [0.15, 0.2) is 12.4 Å².